The van der Waals surface area contributed by atoms with Crippen molar-refractivity contribution in [1.82, 2.24) is 15.8 Å². The molecule has 0 aliphatic rings. The van der Waals surface area contributed by atoms with Gasteiger partial charge in [0.15, 0.2) is 0 Å². The molecule has 208 valence electrons. The highest BCUT2D eigenvalue weighted by molar-refractivity contribution is 7.28. The number of amides is 2. The summed E-state index contributed by atoms with van der Waals surface area (Å²) in [6.07, 6.45) is 1.97. The topological polar surface area (TPSA) is 110 Å². The van der Waals surface area contributed by atoms with Gasteiger partial charge in [0.1, 0.15) is 12.4 Å². The smallest absolute Gasteiger partial charge is 0.253 e. The molecule has 0 saturated heterocycles. The maximum atomic E-state index is 12.7. The molecular weight excluding hydrogens is 549 g/mol. The summed E-state index contributed by atoms with van der Waals surface area (Å²) in [4.78, 5) is 31.5. The summed E-state index contributed by atoms with van der Waals surface area (Å²) in [5, 5.41) is 14.3. The van der Waals surface area contributed by atoms with Gasteiger partial charge in [0, 0.05) is 23.3 Å². The summed E-state index contributed by atoms with van der Waals surface area (Å²) < 4.78 is 5.91. The number of aliphatic hydroxyl groups is 1. The van der Waals surface area contributed by atoms with E-state index in [0.717, 1.165) is 22.0 Å². The van der Waals surface area contributed by atoms with Crippen molar-refractivity contribution < 1.29 is 24.3 Å². The summed E-state index contributed by atoms with van der Waals surface area (Å²) in [6, 6.07) is 24.9. The predicted octanol–water partition coefficient (Wildman–Crippen LogP) is 4.41. The number of carbonyl (C=O) groups excluding carboxylic acids is 2. The van der Waals surface area contributed by atoms with Crippen LogP contribution in [-0.2, 0) is 36.0 Å². The van der Waals surface area contributed by atoms with Crippen molar-refractivity contribution in [3.8, 4) is 5.75 Å². The van der Waals surface area contributed by atoms with Gasteiger partial charge in [-0.2, -0.15) is 0 Å². The molecule has 4 aromatic rings. The average Bonchev–Trinajstić information content (AvgIpc) is 2.98. The Morgan fingerprint density at radius 2 is 1.65 bits per heavy atom. The number of benzene rings is 3. The number of nitrogens with zero attached hydrogens (tertiary/aromatic N) is 1. The Morgan fingerprint density at radius 3 is 2.25 bits per heavy atom. The highest BCUT2D eigenvalue weighted by Gasteiger charge is 2.19. The van der Waals surface area contributed by atoms with Crippen molar-refractivity contribution >= 4 is 38.5 Å². The van der Waals surface area contributed by atoms with E-state index in [9.17, 15) is 14.7 Å². The number of hydroxylamine groups is 1. The summed E-state index contributed by atoms with van der Waals surface area (Å²) in [6.45, 7) is 2.49. The van der Waals surface area contributed by atoms with E-state index in [1.807, 2.05) is 72.8 Å². The third-order valence-electron chi connectivity index (χ3n) is 5.67. The second kappa shape index (κ2) is 16.3. The summed E-state index contributed by atoms with van der Waals surface area (Å²) >= 11 is 6.12. The molecule has 3 aromatic carbocycles. The van der Waals surface area contributed by atoms with Crippen LogP contribution in [0.4, 0.5) is 0 Å². The molecule has 40 heavy (non-hydrogen) atoms. The molecular formula is C30H31ClN3O5P. The Labute approximate surface area is 240 Å². The molecule has 0 fully saturated rings. The van der Waals surface area contributed by atoms with Crippen molar-refractivity contribution in [2.45, 2.75) is 33.3 Å². The fourth-order valence-electron chi connectivity index (χ4n) is 3.60. The lowest BCUT2D eigenvalue weighted by Gasteiger charge is -2.16. The number of hydrogen-bond donors (Lipinski definition) is 3. The van der Waals surface area contributed by atoms with Gasteiger partial charge in [0.05, 0.1) is 24.5 Å². The number of ether oxygens (including phenoxy) is 1. The number of aliphatic hydroxyl groups excluding tert-OH is 1. The number of hydrogen-bond acceptors (Lipinski definition) is 6. The molecule has 0 radical (unpaired) electrons. The van der Waals surface area contributed by atoms with E-state index in [4.69, 9.17) is 21.2 Å². The first-order valence-electron chi connectivity index (χ1n) is 12.4. The minimum atomic E-state index is -0.336. The number of halogens is 1. The van der Waals surface area contributed by atoms with Gasteiger partial charge in [0.25, 0.3) is 5.91 Å². The van der Waals surface area contributed by atoms with Crippen LogP contribution in [-0.4, -0.2) is 22.4 Å². The van der Waals surface area contributed by atoms with Gasteiger partial charge in [-0.05, 0) is 35.0 Å². The third kappa shape index (κ3) is 9.43. The first kappa shape index (κ1) is 30.7. The molecule has 0 bridgehead atoms. The van der Waals surface area contributed by atoms with E-state index in [0.29, 0.717) is 48.2 Å². The summed E-state index contributed by atoms with van der Waals surface area (Å²) in [5.74, 6) is 0.0941. The highest BCUT2D eigenvalue weighted by atomic mass is 35.5. The Balaban J connectivity index is 0.000000336. The van der Waals surface area contributed by atoms with E-state index in [1.54, 1.807) is 13.0 Å². The largest absolute Gasteiger partial charge is 0.487 e. The molecule has 0 aliphatic carbocycles. The molecule has 4 rings (SSSR count). The van der Waals surface area contributed by atoms with Crippen molar-refractivity contribution in [2.75, 3.05) is 0 Å². The fraction of sp³-hybridized carbons (Fsp3) is 0.167. The average molecular weight is 580 g/mol. The molecule has 0 aliphatic heterocycles. The Morgan fingerprint density at radius 1 is 1.00 bits per heavy atom. The molecule has 10 heteroatoms. The van der Waals surface area contributed by atoms with Crippen LogP contribution in [0.15, 0.2) is 85.1 Å². The first-order chi connectivity index (χ1) is 19.4. The lowest BCUT2D eigenvalue weighted by atomic mass is 10.1. The highest BCUT2D eigenvalue weighted by Crippen LogP contribution is 2.26. The van der Waals surface area contributed by atoms with Crippen LogP contribution < -0.4 is 20.8 Å². The molecule has 0 spiro atoms. The Hall–Kier alpha value is -3.81. The second-order valence-corrected chi connectivity index (χ2v) is 9.58. The van der Waals surface area contributed by atoms with Crippen LogP contribution >= 0.6 is 20.8 Å². The van der Waals surface area contributed by atoms with Crippen LogP contribution in [0, 0.1) is 6.92 Å². The Kier molecular flexibility index (Phi) is 12.5. The van der Waals surface area contributed by atoms with Gasteiger partial charge < -0.3 is 15.2 Å². The SMILES string of the molecule is Cc1ncc(C(=O)NCc2ccc(P)c(Cl)c2)c(CO)c1OCc1ccccc1.O=CNOCc1ccccc1. The van der Waals surface area contributed by atoms with Crippen molar-refractivity contribution in [2.24, 2.45) is 0 Å². The van der Waals surface area contributed by atoms with Gasteiger partial charge in [-0.1, -0.05) is 84.4 Å². The molecule has 8 nitrogen and oxygen atoms in total. The van der Waals surface area contributed by atoms with Crippen LogP contribution in [0.25, 0.3) is 0 Å². The van der Waals surface area contributed by atoms with Crippen LogP contribution in [0.5, 0.6) is 5.75 Å². The van der Waals surface area contributed by atoms with Crippen molar-refractivity contribution in [3.63, 3.8) is 0 Å². The zero-order valence-electron chi connectivity index (χ0n) is 22.0. The second-order valence-electron chi connectivity index (χ2n) is 8.55. The van der Waals surface area contributed by atoms with Gasteiger partial charge in [-0.15, -0.1) is 9.24 Å². The maximum Gasteiger partial charge on any atom is 0.253 e. The third-order valence-corrected chi connectivity index (χ3v) is 6.69. The predicted molar refractivity (Wildman–Crippen MR) is 158 cm³/mol. The standard InChI is InChI=1S/C22H22ClN2O3P.C8H9NO2/c1-14-21(28-13-15-5-3-2-4-6-15)18(12-26)17(11-24-14)22(27)25-10-16-7-8-20(29)19(23)9-16;10-7-9-11-6-8-4-2-1-3-5-8/h2-9,11,26H,10,12-13,29H2,1H3,(H,25,27);1-5,7H,6H2,(H,9,10). The van der Waals surface area contributed by atoms with Crippen LogP contribution in [0.3, 0.4) is 0 Å². The number of aryl methyl sites for hydroxylation is 1. The number of rotatable bonds is 11. The molecule has 2 amide bonds. The van der Waals surface area contributed by atoms with E-state index in [1.165, 1.54) is 6.20 Å². The van der Waals surface area contributed by atoms with Crippen molar-refractivity contribution in [1.29, 1.82) is 0 Å². The molecule has 3 N–H and O–H groups in total. The Bertz CT molecular complexity index is 1390. The minimum Gasteiger partial charge on any atom is -0.487 e. The zero-order valence-corrected chi connectivity index (χ0v) is 23.9. The van der Waals surface area contributed by atoms with Gasteiger partial charge >= 0.3 is 0 Å². The summed E-state index contributed by atoms with van der Waals surface area (Å²) in [7, 11) is 2.55. The number of nitrogens with one attached hydrogen (secondary N) is 2. The molecule has 1 aromatic heterocycles. The van der Waals surface area contributed by atoms with Crippen LogP contribution in [0.2, 0.25) is 5.02 Å². The van der Waals surface area contributed by atoms with Gasteiger partial charge in [-0.3, -0.25) is 19.4 Å². The maximum absolute atomic E-state index is 12.7. The number of pyridine rings is 1. The lowest BCUT2D eigenvalue weighted by Crippen LogP contribution is -2.25. The molecule has 1 atom stereocenters. The minimum absolute atomic E-state index is 0.287. The quantitative estimate of drug-likeness (QED) is 0.105. The first-order valence-corrected chi connectivity index (χ1v) is 13.3. The van der Waals surface area contributed by atoms with E-state index >= 15 is 0 Å². The van der Waals surface area contributed by atoms with Gasteiger partial charge in [0.2, 0.25) is 6.41 Å². The van der Waals surface area contributed by atoms with Gasteiger partial charge in [-0.25, -0.2) is 5.48 Å². The monoisotopic (exact) mass is 579 g/mol. The van der Waals surface area contributed by atoms with E-state index < -0.39 is 0 Å². The van der Waals surface area contributed by atoms with Crippen molar-refractivity contribution in [3.05, 3.63) is 124 Å². The fourth-order valence-corrected chi connectivity index (χ4v) is 3.99. The number of aromatic nitrogens is 1. The van der Waals surface area contributed by atoms with E-state index in [-0.39, 0.29) is 18.1 Å². The normalized spacial score (nSPS) is 10.2. The zero-order chi connectivity index (χ0) is 28.7. The summed E-state index contributed by atoms with van der Waals surface area (Å²) in [5.41, 5.74) is 6.33. The van der Waals surface area contributed by atoms with Crippen LogP contribution in [0.1, 0.15) is 38.3 Å². The lowest BCUT2D eigenvalue weighted by molar-refractivity contribution is -0.121. The molecule has 0 saturated carbocycles. The number of carbonyl (C=O) groups is 2. The van der Waals surface area contributed by atoms with E-state index in [2.05, 4.69) is 25.0 Å². The molecule has 1 heterocycles. The molecule has 1 unspecified atom stereocenters.